The van der Waals surface area contributed by atoms with Gasteiger partial charge in [-0.15, -0.1) is 6.58 Å². The third-order valence-electron chi connectivity index (χ3n) is 8.45. The number of nitrogens with zero attached hydrogens (tertiary/aromatic N) is 2. The van der Waals surface area contributed by atoms with Crippen molar-refractivity contribution in [3.8, 4) is 0 Å². The van der Waals surface area contributed by atoms with Crippen molar-refractivity contribution in [3.05, 3.63) is 78.3 Å². The van der Waals surface area contributed by atoms with E-state index in [9.17, 15) is 13.2 Å². The van der Waals surface area contributed by atoms with Gasteiger partial charge in [0.2, 0.25) is 15.9 Å². The summed E-state index contributed by atoms with van der Waals surface area (Å²) in [5.41, 5.74) is 0.809. The van der Waals surface area contributed by atoms with Crippen molar-refractivity contribution in [2.45, 2.75) is 67.8 Å². The molecule has 4 aliphatic rings. The highest BCUT2D eigenvalue weighted by Crippen LogP contribution is 2.67. The summed E-state index contributed by atoms with van der Waals surface area (Å²) in [5, 5.41) is 0. The van der Waals surface area contributed by atoms with Crippen LogP contribution in [0.15, 0.2) is 70.5 Å². The number of carbonyl (C=O) groups is 1. The van der Waals surface area contributed by atoms with Crippen molar-refractivity contribution in [1.29, 1.82) is 0 Å². The summed E-state index contributed by atoms with van der Waals surface area (Å²) in [6.45, 7) is 4.70. The van der Waals surface area contributed by atoms with Gasteiger partial charge in [0, 0.05) is 31.3 Å². The maximum absolute atomic E-state index is 13.6. The molecule has 0 saturated carbocycles. The molecule has 4 atom stereocenters. The Morgan fingerprint density at radius 3 is 2.86 bits per heavy atom. The number of benzene rings is 1. The van der Waals surface area contributed by atoms with Crippen LogP contribution in [-0.2, 0) is 21.2 Å². The third kappa shape index (κ3) is 3.46. The zero-order chi connectivity index (χ0) is 24.2. The van der Waals surface area contributed by atoms with Crippen molar-refractivity contribution >= 4 is 15.9 Å². The molecule has 2 saturated heterocycles. The highest BCUT2D eigenvalue weighted by atomic mass is 32.2. The van der Waals surface area contributed by atoms with Gasteiger partial charge in [0.05, 0.1) is 17.0 Å². The molecule has 1 aliphatic carbocycles. The topological polar surface area (TPSA) is 70.8 Å². The van der Waals surface area contributed by atoms with Gasteiger partial charge in [-0.25, -0.2) is 8.42 Å². The lowest BCUT2D eigenvalue weighted by Gasteiger charge is -2.44. The summed E-state index contributed by atoms with van der Waals surface area (Å²) in [7, 11) is -3.63. The lowest BCUT2D eigenvalue weighted by atomic mass is 9.69. The SMILES string of the molecule is C=CCCc1cc2c(o1)[C@H]1N3C(=O)CCC/C=C\[C@@H]3C[C@]13CN(S(=O)(=O)c1ccccc1)CC[C@H]23. The number of allylic oxidation sites excluding steroid dienone is 2. The van der Waals surface area contributed by atoms with Crippen LogP contribution in [-0.4, -0.2) is 42.7 Å². The number of carbonyl (C=O) groups excluding carboxylic acids is 1. The molecule has 2 fully saturated rings. The number of furan rings is 1. The average molecular weight is 493 g/mol. The van der Waals surface area contributed by atoms with Gasteiger partial charge < -0.3 is 9.32 Å². The molecule has 7 heteroatoms. The Morgan fingerprint density at radius 1 is 1.23 bits per heavy atom. The van der Waals surface area contributed by atoms with E-state index in [2.05, 4.69) is 24.8 Å². The number of fused-ring (bicyclic) bond motifs is 5. The molecule has 3 aliphatic heterocycles. The van der Waals surface area contributed by atoms with Crippen LogP contribution in [0.3, 0.4) is 0 Å². The molecule has 35 heavy (non-hydrogen) atoms. The largest absolute Gasteiger partial charge is 0.464 e. The molecule has 6 rings (SSSR count). The number of aryl methyl sites for hydroxylation is 1. The Hall–Kier alpha value is -2.64. The number of hydrogen-bond donors (Lipinski definition) is 0. The fourth-order valence-corrected chi connectivity index (χ4v) is 8.56. The van der Waals surface area contributed by atoms with Crippen molar-refractivity contribution in [2.24, 2.45) is 5.41 Å². The highest BCUT2D eigenvalue weighted by molar-refractivity contribution is 7.89. The zero-order valence-electron chi connectivity index (χ0n) is 19.9. The van der Waals surface area contributed by atoms with E-state index in [0.717, 1.165) is 50.0 Å². The van der Waals surface area contributed by atoms with Gasteiger partial charge in [-0.2, -0.15) is 4.31 Å². The first-order chi connectivity index (χ1) is 17.0. The molecule has 2 aromatic rings. The Labute approximate surface area is 207 Å². The minimum Gasteiger partial charge on any atom is -0.464 e. The monoisotopic (exact) mass is 492 g/mol. The van der Waals surface area contributed by atoms with Gasteiger partial charge in [-0.05, 0) is 61.8 Å². The summed E-state index contributed by atoms with van der Waals surface area (Å²) >= 11 is 0. The molecule has 1 aromatic carbocycles. The van der Waals surface area contributed by atoms with Gasteiger partial charge in [-0.3, -0.25) is 4.79 Å². The fourth-order valence-electron chi connectivity index (χ4n) is 7.00. The lowest BCUT2D eigenvalue weighted by Crippen LogP contribution is -2.50. The second-order valence-electron chi connectivity index (χ2n) is 10.4. The van der Waals surface area contributed by atoms with E-state index in [1.165, 1.54) is 5.56 Å². The van der Waals surface area contributed by atoms with Crippen LogP contribution >= 0.6 is 0 Å². The first-order valence-electron chi connectivity index (χ1n) is 12.7. The standard InChI is InChI=1S/C28H32N2O4S/c1-2-3-11-21-17-23-24-15-16-29(35(32,33)22-12-7-5-8-13-22)19-28(24)18-20-10-6-4-9-14-25(31)30(20)27(28)26(23)34-21/h2,5-8,10,12-13,17,20,24,27H,1,3-4,9,11,14-16,18-19H2/b10-6-/t20-,24-,27-,28-/m1/s1. The van der Waals surface area contributed by atoms with E-state index in [1.807, 2.05) is 17.0 Å². The van der Waals surface area contributed by atoms with E-state index in [4.69, 9.17) is 4.42 Å². The van der Waals surface area contributed by atoms with Gasteiger partial charge in [0.1, 0.15) is 11.5 Å². The molecular formula is C28H32N2O4S. The lowest BCUT2D eigenvalue weighted by molar-refractivity contribution is -0.135. The molecule has 0 unspecified atom stereocenters. The van der Waals surface area contributed by atoms with Crippen LogP contribution in [0.4, 0.5) is 0 Å². The predicted molar refractivity (Wildman–Crippen MR) is 133 cm³/mol. The summed E-state index contributed by atoms with van der Waals surface area (Å²) < 4.78 is 35.4. The summed E-state index contributed by atoms with van der Waals surface area (Å²) in [6.07, 6.45) is 11.6. The summed E-state index contributed by atoms with van der Waals surface area (Å²) in [4.78, 5) is 15.8. The zero-order valence-corrected chi connectivity index (χ0v) is 20.8. The van der Waals surface area contributed by atoms with Crippen molar-refractivity contribution < 1.29 is 17.6 Å². The minimum absolute atomic E-state index is 0.0236. The van der Waals surface area contributed by atoms with Crippen molar-refractivity contribution in [3.63, 3.8) is 0 Å². The number of piperidine rings is 1. The Balaban J connectivity index is 1.44. The number of amides is 1. The fraction of sp³-hybridized carbons (Fsp3) is 0.464. The Kier molecular flexibility index (Phi) is 5.53. The van der Waals surface area contributed by atoms with Crippen LogP contribution in [0, 0.1) is 5.41 Å². The average Bonchev–Trinajstić information content (AvgIpc) is 3.46. The first kappa shape index (κ1) is 22.8. The molecular weight excluding hydrogens is 460 g/mol. The second-order valence-corrected chi connectivity index (χ2v) is 12.3. The van der Waals surface area contributed by atoms with Gasteiger partial charge >= 0.3 is 0 Å². The smallest absolute Gasteiger partial charge is 0.243 e. The van der Waals surface area contributed by atoms with E-state index >= 15 is 0 Å². The summed E-state index contributed by atoms with van der Waals surface area (Å²) in [6, 6.07) is 10.6. The highest BCUT2D eigenvalue weighted by Gasteiger charge is 2.66. The maximum Gasteiger partial charge on any atom is 0.243 e. The molecule has 1 aromatic heterocycles. The predicted octanol–water partition coefficient (Wildman–Crippen LogP) is 4.96. The van der Waals surface area contributed by atoms with Crippen LogP contribution in [0.2, 0.25) is 0 Å². The first-order valence-corrected chi connectivity index (χ1v) is 14.2. The molecule has 4 heterocycles. The van der Waals surface area contributed by atoms with Gasteiger partial charge in [-0.1, -0.05) is 36.4 Å². The van der Waals surface area contributed by atoms with Gasteiger partial charge in [0.15, 0.2) is 0 Å². The van der Waals surface area contributed by atoms with Crippen LogP contribution < -0.4 is 0 Å². The van der Waals surface area contributed by atoms with Crippen molar-refractivity contribution in [1.82, 2.24) is 9.21 Å². The van der Waals surface area contributed by atoms with E-state index in [0.29, 0.717) is 24.4 Å². The molecule has 1 spiro atoms. The Morgan fingerprint density at radius 2 is 2.06 bits per heavy atom. The number of sulfonamides is 1. The van der Waals surface area contributed by atoms with Crippen molar-refractivity contribution in [2.75, 3.05) is 13.1 Å². The minimum atomic E-state index is -3.63. The van der Waals surface area contributed by atoms with Crippen LogP contribution in [0.25, 0.3) is 0 Å². The van der Waals surface area contributed by atoms with Gasteiger partial charge in [0.25, 0.3) is 0 Å². The van der Waals surface area contributed by atoms with E-state index in [1.54, 1.807) is 28.6 Å². The summed E-state index contributed by atoms with van der Waals surface area (Å²) in [5.74, 6) is 2.15. The van der Waals surface area contributed by atoms with E-state index in [-0.39, 0.29) is 29.3 Å². The van der Waals surface area contributed by atoms with Crippen LogP contribution in [0.1, 0.15) is 67.6 Å². The number of rotatable bonds is 5. The third-order valence-corrected chi connectivity index (χ3v) is 10.3. The van der Waals surface area contributed by atoms with Crippen LogP contribution in [0.5, 0.6) is 0 Å². The van der Waals surface area contributed by atoms with E-state index < -0.39 is 10.0 Å². The Bertz CT molecular complexity index is 1280. The molecule has 184 valence electrons. The molecule has 0 N–H and O–H groups in total. The molecule has 0 radical (unpaired) electrons. The normalized spacial score (nSPS) is 31.1. The quantitative estimate of drug-likeness (QED) is 0.553. The maximum atomic E-state index is 13.6. The number of hydrogen-bond acceptors (Lipinski definition) is 4. The molecule has 6 nitrogen and oxygen atoms in total. The molecule has 1 amide bonds. The molecule has 0 bridgehead atoms. The second kappa shape index (κ2) is 8.49.